The van der Waals surface area contributed by atoms with Crippen molar-refractivity contribution in [2.45, 2.75) is 27.3 Å². The molecule has 0 aliphatic rings. The lowest BCUT2D eigenvalue weighted by Gasteiger charge is -2.19. The number of carbonyl (C=O) groups is 1. The minimum atomic E-state index is -0.227. The van der Waals surface area contributed by atoms with Gasteiger partial charge in [0.1, 0.15) is 0 Å². The standard InChI is InChI=1S/C20H19ClN4O2S/c1-12-9-15(21)11-17-18(12)22-20(28-17)24(19(26)16-5-4-8-27-16)6-7-25-14(3)10-13(2)23-25/h4-5,8-11H,6-7H2,1-3H3. The maximum Gasteiger partial charge on any atom is 0.295 e. The van der Waals surface area contributed by atoms with E-state index in [2.05, 4.69) is 5.10 Å². The zero-order valence-corrected chi connectivity index (χ0v) is 17.3. The predicted octanol–water partition coefficient (Wildman–Crippen LogP) is 5.01. The van der Waals surface area contributed by atoms with E-state index in [1.807, 2.05) is 43.7 Å². The van der Waals surface area contributed by atoms with Gasteiger partial charge >= 0.3 is 0 Å². The second-order valence-corrected chi connectivity index (χ2v) is 8.10. The van der Waals surface area contributed by atoms with E-state index in [9.17, 15) is 4.79 Å². The van der Waals surface area contributed by atoms with Crippen LogP contribution in [0.5, 0.6) is 0 Å². The van der Waals surface area contributed by atoms with E-state index in [0.717, 1.165) is 27.2 Å². The average Bonchev–Trinajstić information content (AvgIpc) is 3.35. The number of hydrogen-bond donors (Lipinski definition) is 0. The largest absolute Gasteiger partial charge is 0.459 e. The van der Waals surface area contributed by atoms with Gasteiger partial charge in [-0.15, -0.1) is 0 Å². The number of fused-ring (bicyclic) bond motifs is 1. The summed E-state index contributed by atoms with van der Waals surface area (Å²) >= 11 is 7.63. The molecule has 0 saturated carbocycles. The third-order valence-electron chi connectivity index (χ3n) is 4.49. The number of amides is 1. The third kappa shape index (κ3) is 3.55. The SMILES string of the molecule is Cc1cc(C)n(CCN(C(=O)c2ccco2)c2nc3c(C)cc(Cl)cc3s2)n1. The molecule has 0 aliphatic carbocycles. The van der Waals surface area contributed by atoms with Gasteiger partial charge in [0.15, 0.2) is 10.9 Å². The Morgan fingerprint density at radius 3 is 2.79 bits per heavy atom. The molecule has 0 saturated heterocycles. The molecule has 4 rings (SSSR count). The smallest absolute Gasteiger partial charge is 0.295 e. The lowest BCUT2D eigenvalue weighted by Crippen LogP contribution is -2.34. The van der Waals surface area contributed by atoms with Crippen LogP contribution in [0.25, 0.3) is 10.2 Å². The molecule has 0 bridgehead atoms. The molecule has 0 radical (unpaired) electrons. The minimum absolute atomic E-state index is 0.227. The number of thiazole rings is 1. The summed E-state index contributed by atoms with van der Waals surface area (Å²) in [7, 11) is 0. The van der Waals surface area contributed by atoms with Crippen LogP contribution in [0.1, 0.15) is 27.5 Å². The molecule has 28 heavy (non-hydrogen) atoms. The Bertz CT molecular complexity index is 1150. The van der Waals surface area contributed by atoms with Crippen molar-refractivity contribution < 1.29 is 9.21 Å². The molecule has 3 heterocycles. The maximum absolute atomic E-state index is 13.1. The lowest BCUT2D eigenvalue weighted by atomic mass is 10.2. The van der Waals surface area contributed by atoms with Gasteiger partial charge in [0, 0.05) is 17.3 Å². The Morgan fingerprint density at radius 2 is 2.11 bits per heavy atom. The summed E-state index contributed by atoms with van der Waals surface area (Å²) in [5, 5.41) is 5.76. The molecule has 0 fully saturated rings. The number of halogens is 1. The van der Waals surface area contributed by atoms with Crippen molar-refractivity contribution in [1.29, 1.82) is 0 Å². The van der Waals surface area contributed by atoms with E-state index in [1.165, 1.54) is 17.6 Å². The number of hydrogen-bond acceptors (Lipinski definition) is 5. The van der Waals surface area contributed by atoms with Crippen LogP contribution < -0.4 is 4.90 Å². The van der Waals surface area contributed by atoms with Crippen LogP contribution in [0.4, 0.5) is 5.13 Å². The fourth-order valence-corrected chi connectivity index (χ4v) is 4.62. The molecule has 144 valence electrons. The van der Waals surface area contributed by atoms with Gasteiger partial charge in [-0.2, -0.15) is 5.10 Å². The minimum Gasteiger partial charge on any atom is -0.459 e. The van der Waals surface area contributed by atoms with E-state index < -0.39 is 0 Å². The van der Waals surface area contributed by atoms with Crippen molar-refractivity contribution in [3.63, 3.8) is 0 Å². The monoisotopic (exact) mass is 414 g/mol. The van der Waals surface area contributed by atoms with E-state index in [1.54, 1.807) is 17.0 Å². The number of rotatable bonds is 5. The average molecular weight is 415 g/mol. The molecule has 0 spiro atoms. The second kappa shape index (κ2) is 7.41. The summed E-state index contributed by atoms with van der Waals surface area (Å²) in [6.07, 6.45) is 1.49. The lowest BCUT2D eigenvalue weighted by molar-refractivity contribution is 0.0959. The highest BCUT2D eigenvalue weighted by Gasteiger charge is 2.24. The van der Waals surface area contributed by atoms with Crippen molar-refractivity contribution in [3.05, 3.63) is 64.3 Å². The maximum atomic E-state index is 13.1. The van der Waals surface area contributed by atoms with Crippen LogP contribution in [0.3, 0.4) is 0 Å². The first-order chi connectivity index (χ1) is 13.4. The third-order valence-corrected chi connectivity index (χ3v) is 5.73. The molecule has 0 unspecified atom stereocenters. The zero-order chi connectivity index (χ0) is 19.8. The number of nitrogens with zero attached hydrogens (tertiary/aromatic N) is 4. The number of benzene rings is 1. The fraction of sp³-hybridized carbons (Fsp3) is 0.250. The number of furan rings is 1. The Morgan fingerprint density at radius 1 is 1.29 bits per heavy atom. The van der Waals surface area contributed by atoms with Gasteiger partial charge in [0.25, 0.3) is 5.91 Å². The van der Waals surface area contributed by atoms with Crippen LogP contribution >= 0.6 is 22.9 Å². The Hall–Kier alpha value is -2.64. The molecule has 1 amide bonds. The molecule has 0 atom stereocenters. The molecule has 0 N–H and O–H groups in total. The van der Waals surface area contributed by atoms with Gasteiger partial charge in [-0.3, -0.25) is 14.4 Å². The first kappa shape index (κ1) is 18.7. The van der Waals surface area contributed by atoms with Crippen LogP contribution in [0.15, 0.2) is 41.0 Å². The Kier molecular flexibility index (Phi) is 4.95. The number of anilines is 1. The normalized spacial score (nSPS) is 11.3. The van der Waals surface area contributed by atoms with Gasteiger partial charge in [-0.1, -0.05) is 22.9 Å². The van der Waals surface area contributed by atoms with E-state index in [0.29, 0.717) is 23.2 Å². The second-order valence-electron chi connectivity index (χ2n) is 6.65. The molecule has 3 aromatic heterocycles. The van der Waals surface area contributed by atoms with Crippen molar-refractivity contribution in [2.24, 2.45) is 0 Å². The van der Waals surface area contributed by atoms with Crippen LogP contribution in [-0.4, -0.2) is 27.2 Å². The van der Waals surface area contributed by atoms with Gasteiger partial charge in [-0.05, 0) is 56.7 Å². The summed E-state index contributed by atoms with van der Waals surface area (Å²) in [6.45, 7) is 6.90. The zero-order valence-electron chi connectivity index (χ0n) is 15.8. The fourth-order valence-electron chi connectivity index (χ4n) is 3.17. The molecule has 0 aliphatic heterocycles. The number of aryl methyl sites for hydroxylation is 3. The van der Waals surface area contributed by atoms with Crippen LogP contribution in [0, 0.1) is 20.8 Å². The van der Waals surface area contributed by atoms with E-state index >= 15 is 0 Å². The predicted molar refractivity (Wildman–Crippen MR) is 111 cm³/mol. The summed E-state index contributed by atoms with van der Waals surface area (Å²) < 4.78 is 8.18. The molecular formula is C20H19ClN4O2S. The van der Waals surface area contributed by atoms with Gasteiger partial charge in [-0.25, -0.2) is 4.98 Å². The topological polar surface area (TPSA) is 64.2 Å². The van der Waals surface area contributed by atoms with Gasteiger partial charge < -0.3 is 4.42 Å². The molecule has 6 nitrogen and oxygen atoms in total. The first-order valence-corrected chi connectivity index (χ1v) is 10.0. The number of aromatic nitrogens is 3. The van der Waals surface area contributed by atoms with E-state index in [-0.39, 0.29) is 11.7 Å². The molecule has 4 aromatic rings. The Balaban J connectivity index is 1.71. The van der Waals surface area contributed by atoms with Crippen molar-refractivity contribution >= 4 is 44.2 Å². The van der Waals surface area contributed by atoms with Crippen molar-refractivity contribution in [3.8, 4) is 0 Å². The van der Waals surface area contributed by atoms with Gasteiger partial charge in [0.2, 0.25) is 0 Å². The van der Waals surface area contributed by atoms with Crippen LogP contribution in [-0.2, 0) is 6.54 Å². The first-order valence-electron chi connectivity index (χ1n) is 8.85. The van der Waals surface area contributed by atoms with Crippen molar-refractivity contribution in [2.75, 3.05) is 11.4 Å². The quantitative estimate of drug-likeness (QED) is 0.460. The van der Waals surface area contributed by atoms with Crippen LogP contribution in [0.2, 0.25) is 5.02 Å². The summed E-state index contributed by atoms with van der Waals surface area (Å²) in [5.41, 5.74) is 3.84. The highest BCUT2D eigenvalue weighted by atomic mass is 35.5. The molecular weight excluding hydrogens is 396 g/mol. The number of carbonyl (C=O) groups excluding carboxylic acids is 1. The summed E-state index contributed by atoms with van der Waals surface area (Å²) in [4.78, 5) is 19.5. The molecule has 8 heteroatoms. The Labute approximate surface area is 171 Å². The highest BCUT2D eigenvalue weighted by Crippen LogP contribution is 2.33. The summed E-state index contributed by atoms with van der Waals surface area (Å²) in [5.74, 6) is 0.0525. The summed E-state index contributed by atoms with van der Waals surface area (Å²) in [6, 6.07) is 9.13. The van der Waals surface area contributed by atoms with Gasteiger partial charge in [0.05, 0.1) is 28.7 Å². The molecule has 1 aromatic carbocycles. The van der Waals surface area contributed by atoms with Crippen molar-refractivity contribution in [1.82, 2.24) is 14.8 Å². The van der Waals surface area contributed by atoms with E-state index in [4.69, 9.17) is 21.0 Å². The highest BCUT2D eigenvalue weighted by molar-refractivity contribution is 7.22.